The standard InChI is InChI=1S/C15H18N2O5S.C2H7O3P/c1-3-16-15(17(18)19)10-4-5-13(11-15)22-12-6-8-14(9-7-12)23(2,20)21;1-4-6(3)5-2/h4-9,11,16H,3,10H2,1-2H3;6H,1-2H3. The first-order valence-corrected chi connectivity index (χ1v) is 11.6. The minimum Gasteiger partial charge on any atom is -0.457 e. The molecule has 1 aliphatic rings. The third-order valence-electron chi connectivity index (χ3n) is 3.72. The van der Waals surface area contributed by atoms with Gasteiger partial charge in [-0.3, -0.25) is 14.7 Å². The predicted molar refractivity (Wildman–Crippen MR) is 108 cm³/mol. The average Bonchev–Trinajstić information content (AvgIpc) is 2.68. The molecule has 1 unspecified atom stereocenters. The molecule has 2 rings (SSSR count). The van der Waals surface area contributed by atoms with Crippen LogP contribution in [-0.2, 0) is 23.4 Å². The SMILES string of the molecule is CCNC1([N+](=O)[O-])C=C(Oc2ccc(S(C)(=O)=O)cc2)C=CC1.CO[PH](=O)OC. The van der Waals surface area contributed by atoms with E-state index in [9.17, 15) is 23.1 Å². The number of nitrogens with zero attached hydrogens (tertiary/aromatic N) is 1. The minimum absolute atomic E-state index is 0.185. The summed E-state index contributed by atoms with van der Waals surface area (Å²) in [6, 6.07) is 5.90. The van der Waals surface area contributed by atoms with Gasteiger partial charge >= 0.3 is 13.9 Å². The van der Waals surface area contributed by atoms with Gasteiger partial charge in [0.2, 0.25) is 0 Å². The number of likely N-dealkylation sites (N-methyl/N-ethyl adjacent to an activating group) is 1. The summed E-state index contributed by atoms with van der Waals surface area (Å²) in [5.74, 6) is 0.741. The zero-order valence-corrected chi connectivity index (χ0v) is 18.4. The van der Waals surface area contributed by atoms with Crippen LogP contribution < -0.4 is 10.1 Å². The molecular formula is C17H25N2O8PS. The van der Waals surface area contributed by atoms with Crippen LogP contribution in [0, 0.1) is 10.1 Å². The number of nitro groups is 1. The molecule has 1 atom stereocenters. The highest BCUT2D eigenvalue weighted by molar-refractivity contribution is 7.90. The Labute approximate surface area is 170 Å². The zero-order chi connectivity index (χ0) is 22.1. The number of benzene rings is 1. The van der Waals surface area contributed by atoms with Gasteiger partial charge in [0.05, 0.1) is 17.4 Å². The van der Waals surface area contributed by atoms with Crippen molar-refractivity contribution in [1.82, 2.24) is 5.32 Å². The molecule has 1 aromatic carbocycles. The van der Waals surface area contributed by atoms with Crippen molar-refractivity contribution in [2.45, 2.75) is 23.9 Å². The molecule has 12 heteroatoms. The molecule has 0 saturated carbocycles. The summed E-state index contributed by atoms with van der Waals surface area (Å²) in [7, 11) is -2.72. The summed E-state index contributed by atoms with van der Waals surface area (Å²) >= 11 is 0. The summed E-state index contributed by atoms with van der Waals surface area (Å²) in [5, 5.41) is 14.2. The lowest BCUT2D eigenvalue weighted by atomic mass is 10.0. The second-order valence-electron chi connectivity index (χ2n) is 5.87. The van der Waals surface area contributed by atoms with E-state index < -0.39 is 23.8 Å². The Bertz CT molecular complexity index is 877. The molecule has 0 spiro atoms. The van der Waals surface area contributed by atoms with Gasteiger partial charge in [-0.1, -0.05) is 13.0 Å². The van der Waals surface area contributed by atoms with Crippen LogP contribution in [-0.4, -0.2) is 46.0 Å². The first kappa shape index (κ1) is 25.0. The highest BCUT2D eigenvalue weighted by Gasteiger charge is 2.40. The van der Waals surface area contributed by atoms with Crippen LogP contribution in [0.1, 0.15) is 13.3 Å². The van der Waals surface area contributed by atoms with E-state index in [4.69, 9.17) is 4.74 Å². The van der Waals surface area contributed by atoms with E-state index in [0.29, 0.717) is 18.1 Å². The van der Waals surface area contributed by atoms with E-state index in [0.717, 1.165) is 6.26 Å². The van der Waals surface area contributed by atoms with Gasteiger partial charge in [-0.2, -0.15) is 0 Å². The summed E-state index contributed by atoms with van der Waals surface area (Å²) in [6.07, 6.45) is 6.11. The number of allylic oxidation sites excluding steroid dienone is 1. The molecular weight excluding hydrogens is 423 g/mol. The highest BCUT2D eigenvalue weighted by Crippen LogP contribution is 2.25. The Hall–Kier alpha value is -2.04. The van der Waals surface area contributed by atoms with Crippen molar-refractivity contribution in [3.05, 3.63) is 58.4 Å². The van der Waals surface area contributed by atoms with Gasteiger partial charge in [0.1, 0.15) is 11.5 Å². The van der Waals surface area contributed by atoms with Gasteiger partial charge in [0.25, 0.3) is 0 Å². The maximum Gasteiger partial charge on any atom is 0.318 e. The van der Waals surface area contributed by atoms with Gasteiger partial charge in [0, 0.05) is 25.4 Å². The van der Waals surface area contributed by atoms with Crippen molar-refractivity contribution in [3.63, 3.8) is 0 Å². The van der Waals surface area contributed by atoms with E-state index in [-0.39, 0.29) is 16.2 Å². The molecule has 1 N–H and O–H groups in total. The average molecular weight is 448 g/mol. The molecule has 1 aliphatic carbocycles. The summed E-state index contributed by atoms with van der Waals surface area (Å²) in [5.41, 5.74) is -1.38. The molecule has 0 aliphatic heterocycles. The molecule has 0 heterocycles. The Kier molecular flexibility index (Phi) is 9.67. The summed E-state index contributed by atoms with van der Waals surface area (Å²) in [6.45, 7) is 2.24. The molecule has 29 heavy (non-hydrogen) atoms. The monoisotopic (exact) mass is 448 g/mol. The molecule has 0 aromatic heterocycles. The lowest BCUT2D eigenvalue weighted by Crippen LogP contribution is -2.51. The number of rotatable bonds is 8. The number of ether oxygens (including phenoxy) is 1. The Morgan fingerprint density at radius 1 is 1.24 bits per heavy atom. The van der Waals surface area contributed by atoms with Crippen LogP contribution in [0.3, 0.4) is 0 Å². The van der Waals surface area contributed by atoms with Gasteiger partial charge in [-0.05, 0) is 36.9 Å². The first-order valence-electron chi connectivity index (χ1n) is 8.46. The van der Waals surface area contributed by atoms with E-state index in [1.165, 1.54) is 44.6 Å². The molecule has 0 saturated heterocycles. The van der Waals surface area contributed by atoms with Crippen molar-refractivity contribution < 1.29 is 31.7 Å². The van der Waals surface area contributed by atoms with Crippen LogP contribution in [0.15, 0.2) is 53.1 Å². The minimum atomic E-state index is -3.27. The number of hydrogen-bond donors (Lipinski definition) is 1. The van der Waals surface area contributed by atoms with E-state index in [2.05, 4.69) is 14.4 Å². The van der Waals surface area contributed by atoms with Gasteiger partial charge in [-0.15, -0.1) is 0 Å². The normalized spacial score (nSPS) is 18.6. The van der Waals surface area contributed by atoms with Crippen LogP contribution in [0.4, 0.5) is 0 Å². The third-order valence-corrected chi connectivity index (χ3v) is 5.52. The maximum absolute atomic E-state index is 11.4. The van der Waals surface area contributed by atoms with Crippen molar-refractivity contribution in [2.24, 2.45) is 0 Å². The summed E-state index contributed by atoms with van der Waals surface area (Å²) in [4.78, 5) is 11.2. The van der Waals surface area contributed by atoms with Gasteiger partial charge in [0.15, 0.2) is 9.84 Å². The van der Waals surface area contributed by atoms with Crippen molar-refractivity contribution in [2.75, 3.05) is 27.0 Å². The van der Waals surface area contributed by atoms with Gasteiger partial charge in [-0.25, -0.2) is 13.7 Å². The van der Waals surface area contributed by atoms with E-state index in [1.807, 2.05) is 0 Å². The second kappa shape index (κ2) is 11.2. The molecule has 0 amide bonds. The van der Waals surface area contributed by atoms with Crippen molar-refractivity contribution in [1.29, 1.82) is 0 Å². The number of sulfone groups is 1. The largest absolute Gasteiger partial charge is 0.457 e. The predicted octanol–water partition coefficient (Wildman–Crippen LogP) is 2.56. The number of nitrogens with one attached hydrogen (secondary N) is 1. The zero-order valence-electron chi connectivity index (χ0n) is 16.6. The van der Waals surface area contributed by atoms with Crippen LogP contribution >= 0.6 is 8.25 Å². The molecule has 0 radical (unpaired) electrons. The highest BCUT2D eigenvalue weighted by atomic mass is 32.2. The lowest BCUT2D eigenvalue weighted by molar-refractivity contribution is -0.562. The second-order valence-corrected chi connectivity index (χ2v) is 9.20. The lowest BCUT2D eigenvalue weighted by Gasteiger charge is -2.24. The van der Waals surface area contributed by atoms with Crippen LogP contribution in [0.5, 0.6) is 5.75 Å². The Morgan fingerprint density at radius 3 is 2.24 bits per heavy atom. The quantitative estimate of drug-likeness (QED) is 0.275. The van der Waals surface area contributed by atoms with Gasteiger partial charge < -0.3 is 13.8 Å². The van der Waals surface area contributed by atoms with E-state index >= 15 is 0 Å². The molecule has 0 fully saturated rings. The van der Waals surface area contributed by atoms with E-state index in [1.54, 1.807) is 19.1 Å². The fourth-order valence-corrected chi connectivity index (χ4v) is 3.15. The third kappa shape index (κ3) is 7.71. The molecule has 1 aromatic rings. The molecule has 162 valence electrons. The number of hydrogen-bond acceptors (Lipinski definition) is 9. The Morgan fingerprint density at radius 2 is 1.83 bits per heavy atom. The van der Waals surface area contributed by atoms with Crippen molar-refractivity contribution >= 4 is 18.1 Å². The Balaban J connectivity index is 0.000000612. The fraction of sp³-hybridized carbons (Fsp3) is 0.412. The summed E-state index contributed by atoms with van der Waals surface area (Å²) < 4.78 is 46.8. The van der Waals surface area contributed by atoms with Crippen LogP contribution in [0.25, 0.3) is 0 Å². The molecule has 0 bridgehead atoms. The first-order chi connectivity index (χ1) is 13.6. The fourth-order valence-electron chi connectivity index (χ4n) is 2.36. The molecule has 10 nitrogen and oxygen atoms in total. The maximum atomic E-state index is 11.4. The smallest absolute Gasteiger partial charge is 0.318 e. The van der Waals surface area contributed by atoms with Crippen LogP contribution in [0.2, 0.25) is 0 Å². The van der Waals surface area contributed by atoms with Crippen molar-refractivity contribution in [3.8, 4) is 5.75 Å². The topological polar surface area (TPSA) is 134 Å².